The van der Waals surface area contributed by atoms with E-state index in [0.717, 1.165) is 46.0 Å². The number of carbonyl (C=O) groups excluding carboxylic acids is 15. The highest BCUT2D eigenvalue weighted by molar-refractivity contribution is 6.02. The van der Waals surface area contributed by atoms with Crippen LogP contribution in [0.1, 0.15) is 135 Å². The van der Waals surface area contributed by atoms with Crippen molar-refractivity contribution < 1.29 is 121 Å². The number of nitrogens with two attached hydrogens (primary N) is 2. The molecule has 622 valence electrons. The largest absolute Gasteiger partial charge is 0.481 e. The molecule has 0 aliphatic carbocycles. The van der Waals surface area contributed by atoms with Crippen molar-refractivity contribution in [2.75, 3.05) is 26.2 Å². The van der Waals surface area contributed by atoms with Crippen LogP contribution in [0.4, 0.5) is 0 Å². The number of aromatic nitrogens is 2. The van der Waals surface area contributed by atoms with E-state index in [-0.39, 0.29) is 37.8 Å². The first-order valence-corrected chi connectivity index (χ1v) is 36.7. The Bertz CT molecular complexity index is 4150. The third-order valence-corrected chi connectivity index (χ3v) is 17.9. The lowest BCUT2D eigenvalue weighted by Gasteiger charge is -2.29. The minimum absolute atomic E-state index is 0.00255. The van der Waals surface area contributed by atoms with Crippen molar-refractivity contribution >= 4 is 134 Å². The van der Waals surface area contributed by atoms with Crippen molar-refractivity contribution in [3.05, 3.63) is 72.1 Å². The van der Waals surface area contributed by atoms with Crippen molar-refractivity contribution in [1.29, 1.82) is 0 Å². The molecule has 0 spiro atoms. The number of cyclic esters (lactones) is 1. The van der Waals surface area contributed by atoms with E-state index in [1.165, 1.54) is 6.20 Å². The molecule has 42 heteroatoms. The summed E-state index contributed by atoms with van der Waals surface area (Å²) in [5, 5.41) is 79.6. The number of esters is 1. The van der Waals surface area contributed by atoms with Gasteiger partial charge in [-0.25, -0.2) is 4.79 Å². The van der Waals surface area contributed by atoms with E-state index in [1.54, 1.807) is 54.7 Å². The molecule has 42 nitrogen and oxygen atoms in total. The van der Waals surface area contributed by atoms with Crippen LogP contribution in [0.5, 0.6) is 0 Å². The molecule has 12 atom stereocenters. The summed E-state index contributed by atoms with van der Waals surface area (Å²) in [6, 6.07) is -8.36. The summed E-state index contributed by atoms with van der Waals surface area (Å²) in [6.07, 6.45) is -0.598. The van der Waals surface area contributed by atoms with Crippen LogP contribution in [-0.4, -0.2) is 247 Å². The number of primary amides is 1. The molecule has 1 aliphatic rings. The molecule has 2 aromatic heterocycles. The zero-order valence-electron chi connectivity index (χ0n) is 62.8. The second-order valence-electron chi connectivity index (χ2n) is 27.0. The van der Waals surface area contributed by atoms with Gasteiger partial charge in [-0.15, -0.1) is 0 Å². The lowest BCUT2D eigenvalue weighted by molar-refractivity contribution is -0.156. The van der Waals surface area contributed by atoms with E-state index in [1.807, 2.05) is 16.0 Å². The van der Waals surface area contributed by atoms with Crippen LogP contribution in [0.25, 0.3) is 21.8 Å². The number of ether oxygens (including phenoxy) is 1. The number of aliphatic carboxylic acids is 4. The molecule has 114 heavy (non-hydrogen) atoms. The Hall–Kier alpha value is -12.6. The molecule has 24 N–H and O–H groups in total. The van der Waals surface area contributed by atoms with Gasteiger partial charge in [0.15, 0.2) is 0 Å². The number of carboxylic acids is 4. The molecule has 4 aromatic rings. The maximum Gasteiger partial charge on any atom is 0.329 e. The standard InChI is InChI=1S/C72H99N17O25/c1-4-5-6-7-8-9-10-21-54(92)81-46(25-38-31-75-42-18-13-11-16-40(38)42)67(108)85-47(27-53(74)91)68(109)87-50(30-60(101)102)69(110)89-61-37(3)114-72(113)51(26-39-32-76-43-19-14-12-17-41(39)43)88-65(106)45(22-23-57(95)96)83-70(111)52(35-90)82-56(94)33-77-63(104)48(28-58(97)98)84-62(103)36(2)79-66(107)49(29-59(99)100)86-64(105)44(20-15-24-73)80-55(93)34-78-71(61)112/h11-14,16-19,31-32,36-37,44-52,61,75-76,90H,4-10,15,20-30,33-35,73H2,1-3H3,(H2,74,91)(H,77,104)(H,78,112)(H,79,107)(H,80,93)(H,81,92)(H,82,94)(H,83,111)(H,84,103)(H,85,108)(H,86,105)(H,87,109)(H,88,106)(H,89,110)(H,95,96)(H,97,98)(H,99,100)(H,101,102)/t36-,37-,44+,45+,46+,47+,48+,49+,50+,51+,52-,61+/m1/s1. The Labute approximate surface area is 651 Å². The molecule has 1 saturated heterocycles. The van der Waals surface area contributed by atoms with Gasteiger partial charge in [0.1, 0.15) is 72.6 Å². The van der Waals surface area contributed by atoms with Crippen molar-refractivity contribution in [3.63, 3.8) is 0 Å². The Morgan fingerprint density at radius 3 is 1.56 bits per heavy atom. The molecular weight excluding hydrogens is 1500 g/mol. The number of H-pyrrole nitrogens is 2. The minimum atomic E-state index is -2.35. The SMILES string of the molecule is CCCCCCCCCC(=O)N[C@@H](Cc1c[nH]c2ccccc12)C(=O)N[C@@H](CC(N)=O)C(=O)N[C@@H](CC(=O)O)C(=O)N[C@@H]1C(=O)NCC(=O)N[C@@H](CCCN)C(=O)N[C@@H](CC(=O)O)C(=O)N[C@H](C)C(=O)N[C@@H](CC(=O)O)C(=O)NCC(=O)N[C@H](CO)C(=O)N[C@@H](CCC(=O)O)C(=O)N[C@@H](Cc2c[nH]c3ccccc23)C(=O)O[C@@H]1C. The second-order valence-corrected chi connectivity index (χ2v) is 27.0. The van der Waals surface area contributed by atoms with Gasteiger partial charge >= 0.3 is 29.8 Å². The fraction of sp³-hybridized carbons (Fsp3) is 0.514. The fourth-order valence-electron chi connectivity index (χ4n) is 11.9. The summed E-state index contributed by atoms with van der Waals surface area (Å²) < 4.78 is 5.82. The topological polar surface area (TPSA) is 675 Å². The number of carbonyl (C=O) groups is 19. The van der Waals surface area contributed by atoms with Gasteiger partial charge in [0.05, 0.1) is 45.4 Å². The smallest absolute Gasteiger partial charge is 0.329 e. The van der Waals surface area contributed by atoms with Gasteiger partial charge < -0.3 is 121 Å². The number of aliphatic hydroxyl groups is 1. The predicted octanol–water partition coefficient (Wildman–Crippen LogP) is -5.00. The number of carboxylic acid groups (broad SMARTS) is 4. The van der Waals surface area contributed by atoms with Crippen LogP contribution in [0.3, 0.4) is 0 Å². The van der Waals surface area contributed by atoms with E-state index < -0.39 is 250 Å². The fourth-order valence-corrected chi connectivity index (χ4v) is 11.9. The van der Waals surface area contributed by atoms with Crippen molar-refractivity contribution in [2.24, 2.45) is 11.5 Å². The number of benzene rings is 2. The number of hydrogen-bond acceptors (Lipinski definition) is 22. The van der Waals surface area contributed by atoms with E-state index in [9.17, 15) is 117 Å². The molecule has 0 unspecified atom stereocenters. The van der Waals surface area contributed by atoms with Crippen LogP contribution in [0, 0.1) is 0 Å². The van der Waals surface area contributed by atoms with E-state index in [2.05, 4.69) is 70.1 Å². The zero-order valence-corrected chi connectivity index (χ0v) is 62.8. The normalized spacial score (nSPS) is 21.1. The molecule has 0 bridgehead atoms. The van der Waals surface area contributed by atoms with Crippen molar-refractivity contribution in [2.45, 2.75) is 209 Å². The van der Waals surface area contributed by atoms with Gasteiger partial charge in [-0.05, 0) is 69.3 Å². The molecule has 1 aliphatic heterocycles. The highest BCUT2D eigenvalue weighted by Crippen LogP contribution is 2.22. The zero-order chi connectivity index (χ0) is 84.3. The molecule has 14 amide bonds. The van der Waals surface area contributed by atoms with Gasteiger partial charge in [0.2, 0.25) is 82.7 Å². The summed E-state index contributed by atoms with van der Waals surface area (Å²) in [6.45, 7) is 0.301. The van der Waals surface area contributed by atoms with Crippen LogP contribution in [0.15, 0.2) is 60.9 Å². The molecule has 5 rings (SSSR count). The average Bonchev–Trinajstić information content (AvgIpc) is 1.65. The lowest BCUT2D eigenvalue weighted by atomic mass is 10.0. The maximum atomic E-state index is 14.9. The number of aliphatic hydroxyl groups excluding tert-OH is 1. The monoisotopic (exact) mass is 1600 g/mol. The van der Waals surface area contributed by atoms with Crippen LogP contribution in [-0.2, 0) is 109 Å². The number of hydrogen-bond donors (Lipinski definition) is 22. The number of nitrogens with one attached hydrogen (secondary N) is 15. The van der Waals surface area contributed by atoms with Gasteiger partial charge in [-0.2, -0.15) is 0 Å². The molecule has 0 radical (unpaired) electrons. The summed E-state index contributed by atoms with van der Waals surface area (Å²) in [7, 11) is 0. The number of unbranched alkanes of at least 4 members (excludes halogenated alkanes) is 6. The minimum Gasteiger partial charge on any atom is -0.481 e. The second kappa shape index (κ2) is 46.3. The third kappa shape index (κ3) is 30.6. The first-order chi connectivity index (χ1) is 54.1. The van der Waals surface area contributed by atoms with Gasteiger partial charge in [0, 0.05) is 59.9 Å². The Morgan fingerprint density at radius 1 is 0.500 bits per heavy atom. The summed E-state index contributed by atoms with van der Waals surface area (Å²) in [5.41, 5.74) is 13.3. The van der Waals surface area contributed by atoms with Gasteiger partial charge in [-0.3, -0.25) is 86.3 Å². The Balaban J connectivity index is 1.58. The third-order valence-electron chi connectivity index (χ3n) is 17.9. The quantitative estimate of drug-likeness (QED) is 0.0154. The number of para-hydroxylation sites is 2. The van der Waals surface area contributed by atoms with Gasteiger partial charge in [-0.1, -0.05) is 81.8 Å². The number of aromatic amines is 2. The van der Waals surface area contributed by atoms with Gasteiger partial charge in [0.25, 0.3) is 0 Å². The number of amides is 14. The first kappa shape index (κ1) is 92.0. The van der Waals surface area contributed by atoms with Crippen LogP contribution in [0.2, 0.25) is 0 Å². The predicted molar refractivity (Wildman–Crippen MR) is 398 cm³/mol. The molecule has 3 heterocycles. The molecule has 1 fully saturated rings. The van der Waals surface area contributed by atoms with E-state index >= 15 is 0 Å². The Kier molecular flexibility index (Phi) is 37.3. The summed E-state index contributed by atoms with van der Waals surface area (Å²) in [5.74, 6) is -26.1. The first-order valence-electron chi connectivity index (χ1n) is 36.7. The highest BCUT2D eigenvalue weighted by atomic mass is 16.5. The van der Waals surface area contributed by atoms with Crippen LogP contribution >= 0.6 is 0 Å². The van der Waals surface area contributed by atoms with Crippen molar-refractivity contribution in [3.8, 4) is 0 Å². The molecular formula is C72H99N17O25. The number of rotatable bonds is 34. The number of fused-ring (bicyclic) bond motifs is 2. The summed E-state index contributed by atoms with van der Waals surface area (Å²) >= 11 is 0. The van der Waals surface area contributed by atoms with Crippen molar-refractivity contribution in [1.82, 2.24) is 79.1 Å². The average molecular weight is 1600 g/mol. The molecule has 2 aromatic carbocycles. The van der Waals surface area contributed by atoms with Crippen LogP contribution < -0.4 is 80.6 Å². The van der Waals surface area contributed by atoms with E-state index in [4.69, 9.17) is 16.2 Å². The highest BCUT2D eigenvalue weighted by Gasteiger charge is 2.40. The van der Waals surface area contributed by atoms with E-state index in [0.29, 0.717) is 40.2 Å². The lowest BCUT2D eigenvalue weighted by Crippen LogP contribution is -2.61. The summed E-state index contributed by atoms with van der Waals surface area (Å²) in [4.78, 5) is 265. The Morgan fingerprint density at radius 2 is 0.991 bits per heavy atom. The maximum absolute atomic E-state index is 14.9. The molecule has 0 saturated carbocycles.